The van der Waals surface area contributed by atoms with Crippen molar-refractivity contribution in [3.63, 3.8) is 0 Å². The van der Waals surface area contributed by atoms with Crippen LogP contribution in [0.2, 0.25) is 0 Å². The molecule has 2 rings (SSSR count). The van der Waals surface area contributed by atoms with Crippen molar-refractivity contribution < 1.29 is 17.9 Å². The number of halogens is 3. The Balaban J connectivity index is 2.11. The van der Waals surface area contributed by atoms with Gasteiger partial charge in [-0.1, -0.05) is 30.3 Å². The lowest BCUT2D eigenvalue weighted by Crippen LogP contribution is -2.31. The van der Waals surface area contributed by atoms with Gasteiger partial charge in [-0.2, -0.15) is 13.2 Å². The van der Waals surface area contributed by atoms with Gasteiger partial charge >= 0.3 is 6.18 Å². The molecular formula is C15H14F3NO2. The summed E-state index contributed by atoms with van der Waals surface area (Å²) in [6.07, 6.45) is -3.36. The van der Waals surface area contributed by atoms with E-state index in [2.05, 4.69) is 0 Å². The maximum absolute atomic E-state index is 12.6. The third-order valence-electron chi connectivity index (χ3n) is 3.06. The fraction of sp³-hybridized carbons (Fsp3) is 0.267. The van der Waals surface area contributed by atoms with Crippen molar-refractivity contribution in [1.82, 2.24) is 4.57 Å². The van der Waals surface area contributed by atoms with Crippen molar-refractivity contribution in [3.05, 3.63) is 64.6 Å². The van der Waals surface area contributed by atoms with Crippen LogP contribution in [-0.4, -0.2) is 10.7 Å². The van der Waals surface area contributed by atoms with E-state index in [1.165, 1.54) is 6.07 Å². The van der Waals surface area contributed by atoms with Crippen LogP contribution in [0.1, 0.15) is 18.5 Å². The van der Waals surface area contributed by atoms with Crippen molar-refractivity contribution in [2.24, 2.45) is 0 Å². The Morgan fingerprint density at radius 3 is 2.43 bits per heavy atom. The Morgan fingerprint density at radius 2 is 1.86 bits per heavy atom. The maximum atomic E-state index is 12.6. The normalized spacial score (nSPS) is 13.0. The summed E-state index contributed by atoms with van der Waals surface area (Å²) < 4.78 is 43.8. The molecule has 0 fully saturated rings. The van der Waals surface area contributed by atoms with Gasteiger partial charge in [-0.05, 0) is 18.6 Å². The molecule has 0 bridgehead atoms. The molecule has 1 unspecified atom stereocenters. The van der Waals surface area contributed by atoms with Gasteiger partial charge in [0.2, 0.25) is 0 Å². The van der Waals surface area contributed by atoms with Crippen LogP contribution in [0.4, 0.5) is 13.2 Å². The van der Waals surface area contributed by atoms with E-state index in [4.69, 9.17) is 4.74 Å². The predicted molar refractivity (Wildman–Crippen MR) is 72.2 cm³/mol. The molecule has 0 radical (unpaired) electrons. The molecule has 1 aromatic heterocycles. The van der Waals surface area contributed by atoms with Crippen LogP contribution in [-0.2, 0) is 6.61 Å². The second kappa shape index (κ2) is 6.03. The summed E-state index contributed by atoms with van der Waals surface area (Å²) in [4.78, 5) is 11.7. The number of hydrogen-bond donors (Lipinski definition) is 0. The van der Waals surface area contributed by atoms with Crippen molar-refractivity contribution in [2.75, 3.05) is 0 Å². The molecule has 112 valence electrons. The maximum Gasteiger partial charge on any atom is 0.408 e. The fourth-order valence-corrected chi connectivity index (χ4v) is 1.78. The van der Waals surface area contributed by atoms with Crippen molar-refractivity contribution in [1.29, 1.82) is 0 Å². The van der Waals surface area contributed by atoms with Crippen LogP contribution in [0.5, 0.6) is 5.75 Å². The van der Waals surface area contributed by atoms with E-state index in [0.717, 1.165) is 24.8 Å². The molecule has 2 aromatic rings. The van der Waals surface area contributed by atoms with E-state index < -0.39 is 17.8 Å². The Hall–Kier alpha value is -2.24. The van der Waals surface area contributed by atoms with Crippen molar-refractivity contribution in [3.8, 4) is 5.75 Å². The largest absolute Gasteiger partial charge is 0.489 e. The number of hydrogen-bond acceptors (Lipinski definition) is 2. The van der Waals surface area contributed by atoms with Gasteiger partial charge in [-0.15, -0.1) is 0 Å². The van der Waals surface area contributed by atoms with E-state index in [1.54, 1.807) is 0 Å². The summed E-state index contributed by atoms with van der Waals surface area (Å²) in [5.74, 6) is 0.245. The van der Waals surface area contributed by atoms with Crippen LogP contribution in [0.3, 0.4) is 0 Å². The molecule has 0 saturated heterocycles. The molecule has 1 aromatic carbocycles. The molecule has 0 amide bonds. The second-order valence-electron chi connectivity index (χ2n) is 4.60. The minimum absolute atomic E-state index is 0.245. The number of aromatic nitrogens is 1. The quantitative estimate of drug-likeness (QED) is 0.864. The summed E-state index contributed by atoms with van der Waals surface area (Å²) >= 11 is 0. The lowest BCUT2D eigenvalue weighted by molar-refractivity contribution is -0.163. The average Bonchev–Trinajstić information content (AvgIpc) is 2.45. The Morgan fingerprint density at radius 1 is 1.19 bits per heavy atom. The second-order valence-corrected chi connectivity index (χ2v) is 4.60. The Bertz CT molecular complexity index is 650. The zero-order valence-electron chi connectivity index (χ0n) is 11.3. The third-order valence-corrected chi connectivity index (χ3v) is 3.06. The van der Waals surface area contributed by atoms with E-state index in [9.17, 15) is 18.0 Å². The van der Waals surface area contributed by atoms with Crippen LogP contribution >= 0.6 is 0 Å². The fourth-order valence-electron chi connectivity index (χ4n) is 1.78. The summed E-state index contributed by atoms with van der Waals surface area (Å²) in [6, 6.07) is 9.82. The van der Waals surface area contributed by atoms with Crippen LogP contribution < -0.4 is 10.3 Å². The summed E-state index contributed by atoms with van der Waals surface area (Å²) in [6.45, 7) is 1.19. The average molecular weight is 297 g/mol. The lowest BCUT2D eigenvalue weighted by atomic mass is 10.2. The highest BCUT2D eigenvalue weighted by atomic mass is 19.4. The van der Waals surface area contributed by atoms with Crippen molar-refractivity contribution in [2.45, 2.75) is 25.7 Å². The van der Waals surface area contributed by atoms with Crippen LogP contribution in [0.15, 0.2) is 53.5 Å². The number of benzene rings is 1. The predicted octanol–water partition coefficient (Wildman–Crippen LogP) is 3.55. The van der Waals surface area contributed by atoms with Crippen LogP contribution in [0, 0.1) is 0 Å². The Labute approximate surface area is 119 Å². The molecule has 0 N–H and O–H groups in total. The summed E-state index contributed by atoms with van der Waals surface area (Å²) in [5.41, 5.74) is 0.163. The summed E-state index contributed by atoms with van der Waals surface area (Å²) in [5, 5.41) is 0. The number of rotatable bonds is 4. The summed E-state index contributed by atoms with van der Waals surface area (Å²) in [7, 11) is 0. The first kappa shape index (κ1) is 15.2. The zero-order valence-corrected chi connectivity index (χ0v) is 11.3. The molecular weight excluding hydrogens is 283 g/mol. The molecule has 0 aliphatic heterocycles. The van der Waals surface area contributed by atoms with Crippen LogP contribution in [0.25, 0.3) is 0 Å². The smallest absolute Gasteiger partial charge is 0.408 e. The van der Waals surface area contributed by atoms with Gasteiger partial charge in [0.15, 0.2) is 0 Å². The van der Waals surface area contributed by atoms with Gasteiger partial charge in [0.05, 0.1) is 0 Å². The highest BCUT2D eigenvalue weighted by Crippen LogP contribution is 2.29. The van der Waals surface area contributed by atoms with E-state index in [0.29, 0.717) is 4.57 Å². The monoisotopic (exact) mass is 297 g/mol. The first-order valence-corrected chi connectivity index (χ1v) is 6.33. The molecule has 0 aliphatic carbocycles. The zero-order chi connectivity index (χ0) is 15.5. The molecule has 1 atom stereocenters. The first-order valence-electron chi connectivity index (χ1n) is 6.33. The molecule has 3 nitrogen and oxygen atoms in total. The van der Waals surface area contributed by atoms with Gasteiger partial charge < -0.3 is 9.30 Å². The van der Waals surface area contributed by atoms with E-state index >= 15 is 0 Å². The minimum Gasteiger partial charge on any atom is -0.489 e. The lowest BCUT2D eigenvalue weighted by Gasteiger charge is -2.18. The molecule has 0 spiro atoms. The standard InChI is InChI=1S/C15H14F3NO2/c1-11(15(16,17)18)19-8-7-13(9-14(19)20)21-10-12-5-3-2-4-6-12/h2-9,11H,10H2,1H3. The highest BCUT2D eigenvalue weighted by Gasteiger charge is 2.37. The Kier molecular flexibility index (Phi) is 4.35. The molecule has 0 aliphatic rings. The highest BCUT2D eigenvalue weighted by molar-refractivity contribution is 5.20. The molecule has 21 heavy (non-hydrogen) atoms. The molecule has 6 heteroatoms. The third kappa shape index (κ3) is 3.87. The molecule has 1 heterocycles. The number of pyridine rings is 1. The minimum atomic E-state index is -4.46. The number of ether oxygens (including phenoxy) is 1. The van der Waals surface area contributed by atoms with Crippen molar-refractivity contribution >= 4 is 0 Å². The van der Waals surface area contributed by atoms with Gasteiger partial charge in [-0.25, -0.2) is 0 Å². The van der Waals surface area contributed by atoms with Gasteiger partial charge in [0.1, 0.15) is 18.4 Å². The van der Waals surface area contributed by atoms with Gasteiger partial charge in [0.25, 0.3) is 5.56 Å². The van der Waals surface area contributed by atoms with E-state index in [-0.39, 0.29) is 12.4 Å². The van der Waals surface area contributed by atoms with Gasteiger partial charge in [-0.3, -0.25) is 4.79 Å². The van der Waals surface area contributed by atoms with Gasteiger partial charge in [0, 0.05) is 12.3 Å². The number of alkyl halides is 3. The SMILES string of the molecule is CC(n1ccc(OCc2ccccc2)cc1=O)C(F)(F)F. The van der Waals surface area contributed by atoms with E-state index in [1.807, 2.05) is 30.3 Å². The molecule has 0 saturated carbocycles. The first-order chi connectivity index (χ1) is 9.88. The number of nitrogens with zero attached hydrogens (tertiary/aromatic N) is 1. The topological polar surface area (TPSA) is 31.2 Å².